The largest absolute Gasteiger partial charge is 0.756 e. The Morgan fingerprint density at radius 2 is 1.29 bits per heavy atom. The molecule has 4 rings (SSSR count). The minimum atomic E-state index is -5.06. The molecule has 334 valence electrons. The molecule has 4 heterocycles. The van der Waals surface area contributed by atoms with Crippen molar-refractivity contribution in [1.82, 2.24) is 24.0 Å². The maximum Gasteiger partial charge on any atom is 0.351 e. The number of nitrogen functional groups attached to an aromatic ring is 2. The van der Waals surface area contributed by atoms with Gasteiger partial charge >= 0.3 is 11.4 Å². The van der Waals surface area contributed by atoms with Gasteiger partial charge in [0.1, 0.15) is 23.8 Å². The van der Waals surface area contributed by atoms with Crippen molar-refractivity contribution in [2.24, 2.45) is 5.92 Å². The number of alkyl halides is 2. The fraction of sp³-hybridized carbons (Fsp3) is 0.769. The number of amides is 1. The first-order chi connectivity index (χ1) is 28.3. The number of anilines is 2. The first-order valence-electron chi connectivity index (χ1n) is 20.9. The van der Waals surface area contributed by atoms with E-state index in [-0.39, 0.29) is 31.3 Å². The van der Waals surface area contributed by atoms with Crippen LogP contribution in [0.5, 0.6) is 0 Å². The SMILES string of the molecule is CCCCCCCCCCCCCCCCCN(C[C@H]1O[C@@H](n2ccc(N)nc2=O)[C@H](F)[C@@H]1OP(=O)([O-])OC)C(=O)C[C@H]1[C@@H](F)[C@H](n2ccc(N)nc2=O)O[C@@H]1COC. The van der Waals surface area contributed by atoms with Crippen molar-refractivity contribution >= 4 is 25.4 Å². The first-order valence-corrected chi connectivity index (χ1v) is 22.4. The Balaban J connectivity index is 1.45. The van der Waals surface area contributed by atoms with E-state index in [1.807, 2.05) is 0 Å². The smallest absolute Gasteiger partial charge is 0.351 e. The molecule has 17 nitrogen and oxygen atoms in total. The quantitative estimate of drug-likeness (QED) is 0.0892. The summed E-state index contributed by atoms with van der Waals surface area (Å²) in [6, 6.07) is 2.57. The van der Waals surface area contributed by atoms with Gasteiger partial charge < -0.3 is 44.5 Å². The number of carbonyl (C=O) groups excluding carboxylic acids is 1. The Bertz CT molecular complexity index is 1760. The number of nitrogens with two attached hydrogens (primary N) is 2. The molecule has 0 radical (unpaired) electrons. The second kappa shape index (κ2) is 24.2. The third-order valence-corrected chi connectivity index (χ3v) is 11.9. The lowest BCUT2D eigenvalue weighted by molar-refractivity contribution is -0.230. The van der Waals surface area contributed by atoms with E-state index >= 15 is 8.78 Å². The maximum absolute atomic E-state index is 16.3. The van der Waals surface area contributed by atoms with Crippen LogP contribution >= 0.6 is 7.82 Å². The third-order valence-electron chi connectivity index (χ3n) is 11.0. The fourth-order valence-electron chi connectivity index (χ4n) is 7.72. The molecule has 2 aromatic rings. The number of halogens is 2. The van der Waals surface area contributed by atoms with E-state index in [2.05, 4.69) is 21.4 Å². The Morgan fingerprint density at radius 3 is 1.76 bits per heavy atom. The number of carbonyl (C=O) groups is 1. The lowest BCUT2D eigenvalue weighted by Gasteiger charge is -2.32. The zero-order chi connectivity index (χ0) is 43.0. The molecule has 2 aliphatic rings. The monoisotopic (exact) mass is 858 g/mol. The van der Waals surface area contributed by atoms with Gasteiger partial charge in [0.15, 0.2) is 24.8 Å². The predicted octanol–water partition coefficient (Wildman–Crippen LogP) is 4.99. The number of phosphoric ester groups is 1. The van der Waals surface area contributed by atoms with Gasteiger partial charge in [0.25, 0.3) is 7.82 Å². The van der Waals surface area contributed by atoms with Crippen LogP contribution in [0.2, 0.25) is 0 Å². The van der Waals surface area contributed by atoms with Crippen molar-refractivity contribution in [3.8, 4) is 0 Å². The topological polar surface area (TPSA) is 228 Å². The molecule has 2 fully saturated rings. The Morgan fingerprint density at radius 1 is 0.814 bits per heavy atom. The molecule has 1 unspecified atom stereocenters. The number of hydrogen-bond acceptors (Lipinski definition) is 14. The maximum atomic E-state index is 16.3. The van der Waals surface area contributed by atoms with Gasteiger partial charge in [-0.1, -0.05) is 96.8 Å². The highest BCUT2D eigenvalue weighted by Gasteiger charge is 2.51. The molecule has 0 saturated carbocycles. The molecule has 0 bridgehead atoms. The van der Waals surface area contributed by atoms with Gasteiger partial charge in [-0.2, -0.15) is 9.97 Å². The van der Waals surface area contributed by atoms with Crippen LogP contribution in [0.1, 0.15) is 122 Å². The van der Waals surface area contributed by atoms with Gasteiger partial charge in [-0.25, -0.2) is 18.4 Å². The summed E-state index contributed by atoms with van der Waals surface area (Å²) in [4.78, 5) is 60.7. The number of rotatable bonds is 27. The molecule has 2 aliphatic heterocycles. The van der Waals surface area contributed by atoms with Gasteiger partial charge in [-0.3, -0.25) is 18.5 Å². The second-order valence-electron chi connectivity index (χ2n) is 15.4. The molecule has 0 aromatic carbocycles. The van der Waals surface area contributed by atoms with Gasteiger partial charge in [0.05, 0.1) is 12.7 Å². The predicted molar refractivity (Wildman–Crippen MR) is 214 cm³/mol. The number of aromatic nitrogens is 4. The highest BCUT2D eigenvalue weighted by atomic mass is 31.2. The Labute approximate surface area is 344 Å². The van der Waals surface area contributed by atoms with Gasteiger partial charge in [0.2, 0.25) is 5.91 Å². The lowest BCUT2D eigenvalue weighted by atomic mass is 9.94. The molecule has 59 heavy (non-hydrogen) atoms. The Hall–Kier alpha value is -3.32. The molecule has 9 atom stereocenters. The summed E-state index contributed by atoms with van der Waals surface area (Å²) in [5, 5.41) is 0. The van der Waals surface area contributed by atoms with Gasteiger partial charge in [-0.15, -0.1) is 0 Å². The summed E-state index contributed by atoms with van der Waals surface area (Å²) in [6.45, 7) is 1.88. The molecule has 20 heteroatoms. The van der Waals surface area contributed by atoms with E-state index < -0.39 is 80.6 Å². The highest BCUT2D eigenvalue weighted by Crippen LogP contribution is 2.45. The van der Waals surface area contributed by atoms with Crippen LogP contribution in [0.15, 0.2) is 34.1 Å². The van der Waals surface area contributed by atoms with Crippen molar-refractivity contribution < 1.29 is 46.3 Å². The third kappa shape index (κ3) is 14.4. The molecule has 4 N–H and O–H groups in total. The summed E-state index contributed by atoms with van der Waals surface area (Å²) < 4.78 is 73.4. The number of methoxy groups -OCH3 is 1. The van der Waals surface area contributed by atoms with Crippen LogP contribution in [0, 0.1) is 5.92 Å². The Kier molecular flexibility index (Phi) is 19.8. The second-order valence-corrected chi connectivity index (χ2v) is 16.9. The number of nitrogens with zero attached hydrogens (tertiary/aromatic N) is 5. The van der Waals surface area contributed by atoms with Crippen molar-refractivity contribution in [2.75, 3.05) is 45.4 Å². The molecule has 2 saturated heterocycles. The standard InChI is InChI=1S/C39H64F2N7O10P/c1-4-5-6-7-8-9-10-11-12-13-14-15-16-17-18-21-46(32(49)24-27-29(26-54-2)57-36(33(27)40)47-22-19-30(42)44-38(47)50)25-28-35(58-59(52,53)55-3)34(41)37(56-28)48-23-20-31(43)45-39(48)51/h19-20,22-23,27-29,33-37H,4-18,21,24-26H2,1-3H3,(H,52,53)(H2,42,44,50)(H2,43,45,51)/p-1/t27-,28-,29-,33-,34-,35-,36-,37-/m1/s1. The van der Waals surface area contributed by atoms with E-state index in [9.17, 15) is 23.8 Å². The molecule has 2 aromatic heterocycles. The summed E-state index contributed by atoms with van der Waals surface area (Å²) in [7, 11) is -2.83. The minimum absolute atomic E-state index is 0.0557. The van der Waals surface area contributed by atoms with Crippen molar-refractivity contribution in [3.63, 3.8) is 0 Å². The first kappa shape index (κ1) is 48.3. The van der Waals surface area contributed by atoms with E-state index in [1.54, 1.807) is 0 Å². The van der Waals surface area contributed by atoms with Crippen molar-refractivity contribution in [1.29, 1.82) is 0 Å². The number of hydrogen-bond donors (Lipinski definition) is 2. The van der Waals surface area contributed by atoms with Crippen molar-refractivity contribution in [2.45, 2.75) is 153 Å². The molecular formula is C39H63F2N7O10P-. The normalized spacial score (nSPS) is 25.3. The van der Waals surface area contributed by atoms with Gasteiger partial charge in [0, 0.05) is 52.0 Å². The summed E-state index contributed by atoms with van der Waals surface area (Å²) in [6.07, 6.45) is 7.53. The minimum Gasteiger partial charge on any atom is -0.756 e. The zero-order valence-electron chi connectivity index (χ0n) is 34.5. The fourth-order valence-corrected chi connectivity index (χ4v) is 8.36. The zero-order valence-corrected chi connectivity index (χ0v) is 35.4. The van der Waals surface area contributed by atoms with E-state index in [4.69, 9.17) is 30.2 Å². The average Bonchev–Trinajstić information content (AvgIpc) is 3.65. The van der Waals surface area contributed by atoms with E-state index in [0.717, 1.165) is 54.5 Å². The summed E-state index contributed by atoms with van der Waals surface area (Å²) in [5.41, 5.74) is 9.45. The average molecular weight is 859 g/mol. The van der Waals surface area contributed by atoms with Crippen LogP contribution in [0.25, 0.3) is 0 Å². The highest BCUT2D eigenvalue weighted by molar-refractivity contribution is 7.45. The number of unbranched alkanes of at least 4 members (excludes halogenated alkanes) is 14. The molecule has 0 aliphatic carbocycles. The molecular weight excluding hydrogens is 795 g/mol. The number of phosphoric acid groups is 1. The van der Waals surface area contributed by atoms with Crippen LogP contribution in [0.4, 0.5) is 20.4 Å². The van der Waals surface area contributed by atoms with Crippen LogP contribution in [-0.4, -0.2) is 94.5 Å². The van der Waals surface area contributed by atoms with Crippen LogP contribution in [-0.2, 0) is 32.6 Å². The lowest BCUT2D eigenvalue weighted by Crippen LogP contribution is -2.45. The van der Waals surface area contributed by atoms with Crippen molar-refractivity contribution in [3.05, 3.63) is 45.5 Å². The van der Waals surface area contributed by atoms with Gasteiger partial charge in [-0.05, 0) is 18.6 Å². The summed E-state index contributed by atoms with van der Waals surface area (Å²) >= 11 is 0. The van der Waals surface area contributed by atoms with E-state index in [1.165, 1.54) is 88.1 Å². The van der Waals surface area contributed by atoms with Crippen LogP contribution < -0.4 is 27.7 Å². The number of ether oxygens (including phenoxy) is 3. The molecule has 1 amide bonds. The molecule has 0 spiro atoms. The van der Waals surface area contributed by atoms with E-state index in [0.29, 0.717) is 6.42 Å². The summed E-state index contributed by atoms with van der Waals surface area (Å²) in [5.74, 6) is -1.84. The van der Waals surface area contributed by atoms with Crippen LogP contribution in [0.3, 0.4) is 0 Å².